The fourth-order valence-electron chi connectivity index (χ4n) is 2.18. The number of carbonyl (C=O) groups is 2. The van der Waals surface area contributed by atoms with Gasteiger partial charge in [-0.25, -0.2) is 18.4 Å². The number of carbonyl (C=O) groups excluding carboxylic acids is 2. The molecular weight excluding hydrogens is 320 g/mol. The summed E-state index contributed by atoms with van der Waals surface area (Å²) in [6.45, 7) is -0.147. The van der Waals surface area contributed by atoms with Crippen LogP contribution in [-0.4, -0.2) is 39.2 Å². The van der Waals surface area contributed by atoms with E-state index in [1.165, 1.54) is 25.3 Å². The van der Waals surface area contributed by atoms with Crippen LogP contribution in [0.25, 0.3) is 0 Å². The number of rotatable bonds is 3. The fraction of sp³-hybridized carbons (Fsp3) is 0.333. The molecule has 0 aromatic heterocycles. The van der Waals surface area contributed by atoms with Gasteiger partial charge in [-0.2, -0.15) is 0 Å². The zero-order chi connectivity index (χ0) is 15.8. The van der Waals surface area contributed by atoms with E-state index in [9.17, 15) is 18.0 Å². The first kappa shape index (κ1) is 15.7. The van der Waals surface area contributed by atoms with Gasteiger partial charge in [0.15, 0.2) is 0 Å². The Morgan fingerprint density at radius 2 is 2.14 bits per heavy atom. The number of hydrogen-bond acceptors (Lipinski definition) is 5. The van der Waals surface area contributed by atoms with Crippen LogP contribution in [0.4, 0.5) is 5.69 Å². The van der Waals surface area contributed by atoms with Crippen LogP contribution in [0.3, 0.4) is 0 Å². The van der Waals surface area contributed by atoms with Crippen molar-refractivity contribution in [1.29, 1.82) is 0 Å². The minimum atomic E-state index is -3.85. The number of anilines is 1. The van der Waals surface area contributed by atoms with Gasteiger partial charge in [0.05, 0.1) is 23.4 Å². The highest BCUT2D eigenvalue weighted by molar-refractivity contribution is 7.89. The fourth-order valence-corrected chi connectivity index (χ4v) is 3.18. The van der Waals surface area contributed by atoms with E-state index in [0.717, 1.165) is 4.90 Å². The molecule has 1 fully saturated rings. The molecule has 2 N–H and O–H groups in total. The Morgan fingerprint density at radius 3 is 2.67 bits per heavy atom. The summed E-state index contributed by atoms with van der Waals surface area (Å²) in [5, 5.41) is 4.21. The third-order valence-electron chi connectivity index (χ3n) is 3.22. The van der Waals surface area contributed by atoms with E-state index in [0.29, 0.717) is 0 Å². The molecule has 9 heteroatoms. The van der Waals surface area contributed by atoms with Gasteiger partial charge in [0.2, 0.25) is 15.9 Å². The Labute approximate surface area is 126 Å². The number of methoxy groups -OCH3 is 1. The molecule has 1 aromatic rings. The normalized spacial score (nSPS) is 18.9. The summed E-state index contributed by atoms with van der Waals surface area (Å²) in [6, 6.07) is 4.49. The number of para-hydroxylation sites is 1. The third kappa shape index (κ3) is 3.02. The molecule has 7 nitrogen and oxygen atoms in total. The van der Waals surface area contributed by atoms with Crippen LogP contribution in [0.5, 0.6) is 0 Å². The molecule has 21 heavy (non-hydrogen) atoms. The van der Waals surface area contributed by atoms with Gasteiger partial charge in [-0.05, 0) is 12.1 Å². The van der Waals surface area contributed by atoms with E-state index in [4.69, 9.17) is 16.7 Å². The summed E-state index contributed by atoms with van der Waals surface area (Å²) in [5.41, 5.74) is 0.232. The van der Waals surface area contributed by atoms with Gasteiger partial charge in [0.1, 0.15) is 5.25 Å². The van der Waals surface area contributed by atoms with Crippen molar-refractivity contribution in [3.8, 4) is 0 Å². The maximum absolute atomic E-state index is 12.0. The number of ether oxygens (including phenoxy) is 1. The van der Waals surface area contributed by atoms with Gasteiger partial charge in [-0.1, -0.05) is 17.7 Å². The summed E-state index contributed by atoms with van der Waals surface area (Å²) in [5.74, 6) is -1.13. The van der Waals surface area contributed by atoms with Crippen molar-refractivity contribution in [2.75, 3.05) is 18.6 Å². The van der Waals surface area contributed by atoms with Gasteiger partial charge >= 0.3 is 5.97 Å². The van der Waals surface area contributed by atoms with Crippen molar-refractivity contribution < 1.29 is 22.7 Å². The van der Waals surface area contributed by atoms with Crippen LogP contribution in [0.2, 0.25) is 5.02 Å². The van der Waals surface area contributed by atoms with Crippen LogP contribution in [0.15, 0.2) is 18.2 Å². The molecule has 1 aliphatic rings. The van der Waals surface area contributed by atoms with Gasteiger partial charge in [-0.3, -0.25) is 4.79 Å². The van der Waals surface area contributed by atoms with Crippen molar-refractivity contribution in [2.24, 2.45) is 5.14 Å². The second kappa shape index (κ2) is 5.63. The molecule has 1 unspecified atom stereocenters. The minimum absolute atomic E-state index is 0.0911. The molecule has 0 saturated carbocycles. The lowest BCUT2D eigenvalue weighted by atomic mass is 10.1. The van der Waals surface area contributed by atoms with E-state index < -0.39 is 27.1 Å². The molecule has 1 amide bonds. The Bertz CT molecular complexity index is 704. The van der Waals surface area contributed by atoms with Crippen LogP contribution < -0.4 is 10.0 Å². The van der Waals surface area contributed by atoms with Crippen molar-refractivity contribution in [2.45, 2.75) is 11.7 Å². The van der Waals surface area contributed by atoms with Crippen molar-refractivity contribution in [3.05, 3.63) is 28.8 Å². The van der Waals surface area contributed by atoms with Gasteiger partial charge in [0, 0.05) is 13.0 Å². The van der Waals surface area contributed by atoms with Crippen LogP contribution >= 0.6 is 11.6 Å². The lowest BCUT2D eigenvalue weighted by Crippen LogP contribution is -2.32. The summed E-state index contributed by atoms with van der Waals surface area (Å²) < 4.78 is 27.4. The Hall–Kier alpha value is -1.64. The molecule has 1 aromatic carbocycles. The number of hydrogen-bond donors (Lipinski definition) is 1. The molecule has 0 aliphatic carbocycles. The number of primary sulfonamides is 1. The summed E-state index contributed by atoms with van der Waals surface area (Å²) in [4.78, 5) is 25.0. The topological polar surface area (TPSA) is 107 Å². The Kier molecular flexibility index (Phi) is 4.22. The number of esters is 1. The summed E-state index contributed by atoms with van der Waals surface area (Å²) in [7, 11) is -2.65. The molecule has 0 radical (unpaired) electrons. The molecule has 0 bridgehead atoms. The van der Waals surface area contributed by atoms with Crippen LogP contribution in [0, 0.1) is 0 Å². The number of benzene rings is 1. The smallest absolute Gasteiger partial charge is 0.340 e. The monoisotopic (exact) mass is 332 g/mol. The number of amides is 1. The van der Waals surface area contributed by atoms with Gasteiger partial charge < -0.3 is 9.64 Å². The van der Waals surface area contributed by atoms with Gasteiger partial charge in [0.25, 0.3) is 0 Å². The van der Waals surface area contributed by atoms with Crippen molar-refractivity contribution >= 4 is 39.2 Å². The quantitative estimate of drug-likeness (QED) is 0.812. The van der Waals surface area contributed by atoms with E-state index in [1.54, 1.807) is 0 Å². The zero-order valence-corrected chi connectivity index (χ0v) is 12.6. The average Bonchev–Trinajstić information content (AvgIpc) is 2.79. The summed E-state index contributed by atoms with van der Waals surface area (Å²) >= 11 is 6.06. The predicted molar refractivity (Wildman–Crippen MR) is 76.7 cm³/mol. The minimum Gasteiger partial charge on any atom is -0.465 e. The molecule has 0 spiro atoms. The molecule has 1 heterocycles. The average molecular weight is 333 g/mol. The molecule has 1 saturated heterocycles. The van der Waals surface area contributed by atoms with Crippen LogP contribution in [0.1, 0.15) is 16.8 Å². The van der Waals surface area contributed by atoms with Crippen molar-refractivity contribution in [1.82, 2.24) is 0 Å². The first-order valence-corrected chi connectivity index (χ1v) is 7.93. The first-order chi connectivity index (χ1) is 9.75. The molecular formula is C12H13ClN2O5S. The highest BCUT2D eigenvalue weighted by Gasteiger charge is 2.39. The Morgan fingerprint density at radius 1 is 1.48 bits per heavy atom. The van der Waals surface area contributed by atoms with E-state index in [-0.39, 0.29) is 29.2 Å². The second-order valence-corrected chi connectivity index (χ2v) is 6.80. The SMILES string of the molecule is COC(=O)c1cccc(Cl)c1N1CC(S(N)(=O)=O)CC1=O. The third-order valence-corrected chi connectivity index (χ3v) is 4.77. The lowest BCUT2D eigenvalue weighted by Gasteiger charge is -2.20. The molecule has 1 aliphatic heterocycles. The molecule has 1 atom stereocenters. The number of nitrogens with zero attached hydrogens (tertiary/aromatic N) is 1. The number of halogens is 1. The standard InChI is InChI=1S/C12H13ClN2O5S/c1-20-12(17)8-3-2-4-9(13)11(8)15-6-7(5-10(15)16)21(14,18)19/h2-4,7H,5-6H2,1H3,(H2,14,18,19). The van der Waals surface area contributed by atoms with E-state index >= 15 is 0 Å². The predicted octanol–water partition coefficient (Wildman–Crippen LogP) is 0.520. The maximum atomic E-state index is 12.0. The molecule has 2 rings (SSSR count). The van der Waals surface area contributed by atoms with E-state index in [2.05, 4.69) is 4.74 Å². The lowest BCUT2D eigenvalue weighted by molar-refractivity contribution is -0.117. The van der Waals surface area contributed by atoms with Crippen molar-refractivity contribution in [3.63, 3.8) is 0 Å². The number of sulfonamides is 1. The van der Waals surface area contributed by atoms with E-state index in [1.807, 2.05) is 0 Å². The molecule has 114 valence electrons. The van der Waals surface area contributed by atoms with Crippen LogP contribution in [-0.2, 0) is 19.6 Å². The highest BCUT2D eigenvalue weighted by atomic mass is 35.5. The summed E-state index contributed by atoms with van der Waals surface area (Å²) in [6.07, 6.45) is -0.245. The highest BCUT2D eigenvalue weighted by Crippen LogP contribution is 2.34. The first-order valence-electron chi connectivity index (χ1n) is 5.94. The second-order valence-electron chi connectivity index (χ2n) is 4.55. The van der Waals surface area contributed by atoms with Gasteiger partial charge in [-0.15, -0.1) is 0 Å². The maximum Gasteiger partial charge on any atom is 0.340 e. The number of nitrogens with two attached hydrogens (primary N) is 1. The Balaban J connectivity index is 2.48. The zero-order valence-electron chi connectivity index (χ0n) is 11.1. The largest absolute Gasteiger partial charge is 0.465 e.